The average molecular weight is 300 g/mol. The molecule has 5 nitrogen and oxygen atoms in total. The van der Waals surface area contributed by atoms with Crippen molar-refractivity contribution in [2.75, 3.05) is 13.2 Å². The van der Waals surface area contributed by atoms with Gasteiger partial charge in [-0.05, 0) is 31.9 Å². The molecule has 0 N–H and O–H groups in total. The van der Waals surface area contributed by atoms with Crippen molar-refractivity contribution in [3.8, 4) is 0 Å². The van der Waals surface area contributed by atoms with Crippen molar-refractivity contribution < 1.29 is 23.9 Å². The molecule has 1 unspecified atom stereocenters. The van der Waals surface area contributed by atoms with Crippen LogP contribution < -0.4 is 0 Å². The highest BCUT2D eigenvalue weighted by molar-refractivity contribution is 6.52. The fourth-order valence-corrected chi connectivity index (χ4v) is 3.00. The number of carbonyl (C=O) groups excluding carboxylic acids is 3. The third-order valence-electron chi connectivity index (χ3n) is 4.13. The highest BCUT2D eigenvalue weighted by atomic mass is 16.5. The molecule has 0 saturated carbocycles. The summed E-state index contributed by atoms with van der Waals surface area (Å²) in [7, 11) is 0. The van der Waals surface area contributed by atoms with Gasteiger partial charge >= 0.3 is 5.97 Å². The number of carbonyl (C=O) groups is 3. The molecule has 0 spiro atoms. The van der Waals surface area contributed by atoms with E-state index in [0.717, 1.165) is 0 Å². The fraction of sp³-hybridized carbons (Fsp3) is 0.353. The predicted octanol–water partition coefficient (Wildman–Crippen LogP) is 2.17. The molecule has 1 aromatic rings. The normalized spacial score (nSPS) is 19.7. The van der Waals surface area contributed by atoms with Crippen molar-refractivity contribution in [3.05, 3.63) is 40.0 Å². The van der Waals surface area contributed by atoms with Crippen LogP contribution in [-0.4, -0.2) is 30.7 Å². The van der Waals surface area contributed by atoms with Gasteiger partial charge in [-0.15, -0.1) is 0 Å². The van der Waals surface area contributed by atoms with E-state index in [1.807, 2.05) is 6.07 Å². The van der Waals surface area contributed by atoms with Crippen molar-refractivity contribution in [2.45, 2.75) is 26.7 Å². The van der Waals surface area contributed by atoms with Crippen LogP contribution >= 0.6 is 0 Å². The minimum Gasteiger partial charge on any atom is -0.491 e. The second-order valence-corrected chi connectivity index (χ2v) is 5.45. The van der Waals surface area contributed by atoms with Gasteiger partial charge in [0.15, 0.2) is 0 Å². The van der Waals surface area contributed by atoms with E-state index in [9.17, 15) is 14.4 Å². The summed E-state index contributed by atoms with van der Waals surface area (Å²) in [6.45, 7) is 5.48. The number of aryl methyl sites for hydroxylation is 1. The second kappa shape index (κ2) is 5.09. The monoisotopic (exact) mass is 300 g/mol. The maximum absolute atomic E-state index is 12.3. The Morgan fingerprint density at radius 2 is 1.95 bits per heavy atom. The van der Waals surface area contributed by atoms with Gasteiger partial charge in [0.05, 0.1) is 6.61 Å². The Morgan fingerprint density at radius 1 is 1.23 bits per heavy atom. The highest BCUT2D eigenvalue weighted by Gasteiger charge is 2.40. The lowest BCUT2D eigenvalue weighted by Gasteiger charge is -2.32. The third-order valence-corrected chi connectivity index (χ3v) is 4.13. The maximum Gasteiger partial charge on any atom is 0.316 e. The first-order chi connectivity index (χ1) is 10.5. The van der Waals surface area contributed by atoms with E-state index in [-0.39, 0.29) is 19.2 Å². The van der Waals surface area contributed by atoms with Crippen LogP contribution in [-0.2, 0) is 19.1 Å². The molecule has 114 valence electrons. The molecule has 1 aliphatic heterocycles. The number of ketones is 2. The number of allylic oxidation sites excluding steroid dienone is 1. The molecule has 1 aromatic carbocycles. The maximum atomic E-state index is 12.3. The van der Waals surface area contributed by atoms with Gasteiger partial charge in [-0.3, -0.25) is 14.4 Å². The Hall–Kier alpha value is -2.43. The van der Waals surface area contributed by atoms with Crippen LogP contribution in [0, 0.1) is 6.92 Å². The van der Waals surface area contributed by atoms with E-state index >= 15 is 0 Å². The quantitative estimate of drug-likeness (QED) is 0.618. The molecule has 0 fully saturated rings. The summed E-state index contributed by atoms with van der Waals surface area (Å²) in [6.07, 6.45) is 0. The number of benzene rings is 1. The summed E-state index contributed by atoms with van der Waals surface area (Å²) < 4.78 is 10.7. The molecule has 0 bridgehead atoms. The first-order valence-electron chi connectivity index (χ1n) is 7.20. The number of Topliss-reactive ketones (excluding diaryl/α,β-unsaturated/α-hetero) is 2. The zero-order valence-electron chi connectivity index (χ0n) is 12.7. The summed E-state index contributed by atoms with van der Waals surface area (Å²) >= 11 is 0. The second-order valence-electron chi connectivity index (χ2n) is 5.45. The molecule has 1 aliphatic carbocycles. The third kappa shape index (κ3) is 1.89. The molecular weight excluding hydrogens is 284 g/mol. The van der Waals surface area contributed by atoms with Gasteiger partial charge in [-0.2, -0.15) is 0 Å². The number of hydrogen-bond acceptors (Lipinski definition) is 5. The molecule has 5 heteroatoms. The molecule has 2 aliphatic rings. The molecule has 3 rings (SSSR count). The minimum absolute atomic E-state index is 0.114. The van der Waals surface area contributed by atoms with Crippen molar-refractivity contribution in [3.63, 3.8) is 0 Å². The lowest BCUT2D eigenvalue weighted by Crippen LogP contribution is -2.32. The van der Waals surface area contributed by atoms with Gasteiger partial charge in [-0.1, -0.05) is 12.1 Å². The Labute approximate surface area is 127 Å². The van der Waals surface area contributed by atoms with Crippen LogP contribution in [0.2, 0.25) is 0 Å². The van der Waals surface area contributed by atoms with Crippen molar-refractivity contribution in [2.24, 2.45) is 0 Å². The summed E-state index contributed by atoms with van der Waals surface area (Å²) in [6, 6.07) is 3.57. The number of rotatable bonds is 2. The topological polar surface area (TPSA) is 69.7 Å². The van der Waals surface area contributed by atoms with E-state index in [4.69, 9.17) is 9.47 Å². The van der Waals surface area contributed by atoms with Crippen molar-refractivity contribution >= 4 is 23.3 Å². The Kier molecular flexibility index (Phi) is 3.35. The van der Waals surface area contributed by atoms with Gasteiger partial charge in [0.1, 0.15) is 18.3 Å². The predicted molar refractivity (Wildman–Crippen MR) is 78.4 cm³/mol. The average Bonchev–Trinajstić information content (AvgIpc) is 2.50. The zero-order valence-corrected chi connectivity index (χ0v) is 12.7. The van der Waals surface area contributed by atoms with Crippen LogP contribution in [0.25, 0.3) is 5.76 Å². The molecule has 0 aromatic heterocycles. The minimum atomic E-state index is -0.577. The van der Waals surface area contributed by atoms with Crippen molar-refractivity contribution in [1.82, 2.24) is 0 Å². The summed E-state index contributed by atoms with van der Waals surface area (Å²) in [5.41, 5.74) is 2.62. The van der Waals surface area contributed by atoms with Gasteiger partial charge in [-0.25, -0.2) is 0 Å². The van der Waals surface area contributed by atoms with Gasteiger partial charge < -0.3 is 9.47 Å². The molecule has 22 heavy (non-hydrogen) atoms. The molecule has 1 atom stereocenters. The van der Waals surface area contributed by atoms with Crippen LogP contribution in [0.4, 0.5) is 0 Å². The smallest absolute Gasteiger partial charge is 0.316 e. The van der Waals surface area contributed by atoms with E-state index in [1.165, 1.54) is 0 Å². The molecule has 1 heterocycles. The number of ether oxygens (including phenoxy) is 2. The van der Waals surface area contributed by atoms with Crippen LogP contribution in [0.3, 0.4) is 0 Å². The van der Waals surface area contributed by atoms with E-state index in [2.05, 4.69) is 0 Å². The largest absolute Gasteiger partial charge is 0.491 e. The lowest BCUT2D eigenvalue weighted by atomic mass is 9.79. The molecule has 0 amide bonds. The van der Waals surface area contributed by atoms with E-state index in [1.54, 1.807) is 26.8 Å². The molecule has 0 radical (unpaired) electrons. The highest BCUT2D eigenvalue weighted by Crippen LogP contribution is 2.41. The molecule has 0 saturated heterocycles. The van der Waals surface area contributed by atoms with Crippen LogP contribution in [0.15, 0.2) is 17.7 Å². The van der Waals surface area contributed by atoms with Gasteiger partial charge in [0.2, 0.25) is 11.6 Å². The Morgan fingerprint density at radius 3 is 2.64 bits per heavy atom. The van der Waals surface area contributed by atoms with Gasteiger partial charge in [0, 0.05) is 16.7 Å². The summed E-state index contributed by atoms with van der Waals surface area (Å²) in [5.74, 6) is -1.62. The first-order valence-corrected chi connectivity index (χ1v) is 7.20. The van der Waals surface area contributed by atoms with Gasteiger partial charge in [0.25, 0.3) is 0 Å². The SMILES string of the molecule is CCOC(=O)C1COC2=C(C)C(=O)C(=O)c3c(C)ccc1c32. The van der Waals surface area contributed by atoms with E-state index < -0.39 is 17.5 Å². The number of esters is 1. The Bertz CT molecular complexity index is 742. The zero-order chi connectivity index (χ0) is 16.0. The first kappa shape index (κ1) is 14.5. The van der Waals surface area contributed by atoms with Crippen LogP contribution in [0.1, 0.15) is 46.8 Å². The lowest BCUT2D eigenvalue weighted by molar-refractivity contribution is -0.146. The fourth-order valence-electron chi connectivity index (χ4n) is 3.00. The molecular formula is C17H16O5. The summed E-state index contributed by atoms with van der Waals surface area (Å²) in [4.78, 5) is 36.5. The van der Waals surface area contributed by atoms with Crippen LogP contribution in [0.5, 0.6) is 0 Å². The standard InChI is InChI=1S/C17H16O5/c1-4-21-17(20)11-7-22-16-9(3)14(18)15(19)12-8(2)5-6-10(11)13(12)16/h5-6,11H,4,7H2,1-3H3. The van der Waals surface area contributed by atoms with E-state index in [0.29, 0.717) is 33.6 Å². The Balaban J connectivity index is 2.25. The van der Waals surface area contributed by atoms with Crippen molar-refractivity contribution in [1.29, 1.82) is 0 Å². The summed E-state index contributed by atoms with van der Waals surface area (Å²) in [5, 5.41) is 0. The number of hydrogen-bond donors (Lipinski definition) is 0.